The summed E-state index contributed by atoms with van der Waals surface area (Å²) < 4.78 is 5.26. The minimum atomic E-state index is 0.633. The van der Waals surface area contributed by atoms with Crippen molar-refractivity contribution in [2.45, 2.75) is 19.5 Å². The lowest BCUT2D eigenvalue weighted by Gasteiger charge is -2.28. The van der Waals surface area contributed by atoms with Crippen LogP contribution >= 0.6 is 0 Å². The van der Waals surface area contributed by atoms with Crippen LogP contribution in [0.15, 0.2) is 60.8 Å². The third-order valence-corrected chi connectivity index (χ3v) is 4.59. The second-order valence-electron chi connectivity index (χ2n) is 6.47. The van der Waals surface area contributed by atoms with Gasteiger partial charge in [-0.05, 0) is 17.7 Å². The normalized spacial score (nSPS) is 13.9. The highest BCUT2D eigenvalue weighted by molar-refractivity contribution is 5.56. The monoisotopic (exact) mass is 346 g/mol. The van der Waals surface area contributed by atoms with Crippen LogP contribution in [0.25, 0.3) is 0 Å². The van der Waals surface area contributed by atoms with Crippen molar-refractivity contribution in [1.82, 2.24) is 14.9 Å². The fourth-order valence-electron chi connectivity index (χ4n) is 3.24. The summed E-state index contributed by atoms with van der Waals surface area (Å²) in [6.45, 7) is 2.87. The van der Waals surface area contributed by atoms with Gasteiger partial charge in [0, 0.05) is 49.6 Å². The summed E-state index contributed by atoms with van der Waals surface area (Å²) >= 11 is 0. The van der Waals surface area contributed by atoms with E-state index in [1.807, 2.05) is 30.5 Å². The molecule has 1 aliphatic heterocycles. The second kappa shape index (κ2) is 7.54. The Morgan fingerprint density at radius 1 is 1.12 bits per heavy atom. The molecule has 4 rings (SSSR count). The number of nitrogens with one attached hydrogen (secondary N) is 1. The van der Waals surface area contributed by atoms with Crippen LogP contribution in [0.5, 0.6) is 5.75 Å². The Morgan fingerprint density at radius 3 is 2.85 bits per heavy atom. The first kappa shape index (κ1) is 16.5. The smallest absolute Gasteiger partial charge is 0.227 e. The number of hydrogen-bond donors (Lipinski definition) is 1. The topological polar surface area (TPSA) is 50.3 Å². The summed E-state index contributed by atoms with van der Waals surface area (Å²) in [5.74, 6) is 1.44. The predicted octanol–water partition coefficient (Wildman–Crippen LogP) is 3.79. The number of benzene rings is 2. The van der Waals surface area contributed by atoms with Crippen LogP contribution in [0, 0.1) is 0 Å². The van der Waals surface area contributed by atoms with Crippen LogP contribution in [-0.2, 0) is 19.5 Å². The number of methoxy groups -OCH3 is 1. The highest BCUT2D eigenvalue weighted by atomic mass is 16.5. The summed E-state index contributed by atoms with van der Waals surface area (Å²) in [5, 5.41) is 3.26. The molecule has 0 saturated carbocycles. The van der Waals surface area contributed by atoms with E-state index in [2.05, 4.69) is 45.5 Å². The van der Waals surface area contributed by atoms with Crippen LogP contribution in [0.4, 0.5) is 11.6 Å². The maximum atomic E-state index is 5.26. The van der Waals surface area contributed by atoms with Gasteiger partial charge in [-0.15, -0.1) is 0 Å². The third-order valence-electron chi connectivity index (χ3n) is 4.59. The molecular formula is C21H22N4O. The molecule has 1 aliphatic rings. The molecule has 5 nitrogen and oxygen atoms in total. The molecule has 0 spiro atoms. The van der Waals surface area contributed by atoms with Gasteiger partial charge in [-0.25, -0.2) is 9.97 Å². The number of aromatic nitrogens is 2. The standard InChI is InChI=1S/C21H22N4O/c1-26-19-9-5-8-18(12-19)23-21-22-13-17-15-25(11-10-20(17)24-21)14-16-6-3-2-4-7-16/h2-9,12-13H,10-11,14-15H2,1H3,(H,22,23,24). The van der Waals surface area contributed by atoms with Crippen LogP contribution in [-0.4, -0.2) is 28.5 Å². The molecule has 0 unspecified atom stereocenters. The Morgan fingerprint density at radius 2 is 2.00 bits per heavy atom. The van der Waals surface area contributed by atoms with Crippen molar-refractivity contribution in [1.29, 1.82) is 0 Å². The first-order valence-electron chi connectivity index (χ1n) is 8.82. The minimum Gasteiger partial charge on any atom is -0.497 e. The van der Waals surface area contributed by atoms with Gasteiger partial charge in [-0.2, -0.15) is 0 Å². The van der Waals surface area contributed by atoms with E-state index in [0.29, 0.717) is 5.95 Å². The number of rotatable bonds is 5. The van der Waals surface area contributed by atoms with Crippen LogP contribution in [0.3, 0.4) is 0 Å². The number of anilines is 2. The number of fused-ring (bicyclic) bond motifs is 1. The first-order valence-corrected chi connectivity index (χ1v) is 8.82. The Hall–Kier alpha value is -2.92. The van der Waals surface area contributed by atoms with E-state index >= 15 is 0 Å². The quantitative estimate of drug-likeness (QED) is 0.762. The molecule has 132 valence electrons. The summed E-state index contributed by atoms with van der Waals surface area (Å²) in [6, 6.07) is 18.4. The molecule has 0 bridgehead atoms. The molecule has 3 aromatic rings. The van der Waals surface area contributed by atoms with Gasteiger partial charge < -0.3 is 10.1 Å². The van der Waals surface area contributed by atoms with Crippen LogP contribution < -0.4 is 10.1 Å². The van der Waals surface area contributed by atoms with Gasteiger partial charge in [-0.3, -0.25) is 4.90 Å². The predicted molar refractivity (Wildman–Crippen MR) is 103 cm³/mol. The molecule has 0 radical (unpaired) electrons. The maximum Gasteiger partial charge on any atom is 0.227 e. The van der Waals surface area contributed by atoms with Gasteiger partial charge in [0.1, 0.15) is 5.75 Å². The summed E-state index contributed by atoms with van der Waals surface area (Å²) in [4.78, 5) is 11.7. The molecule has 1 aromatic heterocycles. The largest absolute Gasteiger partial charge is 0.497 e. The molecule has 2 heterocycles. The number of hydrogen-bond acceptors (Lipinski definition) is 5. The highest BCUT2D eigenvalue weighted by Gasteiger charge is 2.18. The van der Waals surface area contributed by atoms with Crippen LogP contribution in [0.1, 0.15) is 16.8 Å². The van der Waals surface area contributed by atoms with Gasteiger partial charge in [0.25, 0.3) is 0 Å². The molecular weight excluding hydrogens is 324 g/mol. The zero-order valence-electron chi connectivity index (χ0n) is 14.9. The van der Waals surface area contributed by atoms with Gasteiger partial charge in [0.2, 0.25) is 5.95 Å². The van der Waals surface area contributed by atoms with Crippen LogP contribution in [0.2, 0.25) is 0 Å². The third kappa shape index (κ3) is 3.83. The van der Waals surface area contributed by atoms with Crippen molar-refractivity contribution in [3.8, 4) is 5.75 Å². The van der Waals surface area contributed by atoms with Crippen molar-refractivity contribution in [3.63, 3.8) is 0 Å². The SMILES string of the molecule is COc1cccc(Nc2ncc3c(n2)CCN(Cc2ccccc2)C3)c1. The number of nitrogens with zero attached hydrogens (tertiary/aromatic N) is 3. The lowest BCUT2D eigenvalue weighted by molar-refractivity contribution is 0.243. The first-order chi connectivity index (χ1) is 12.8. The fraction of sp³-hybridized carbons (Fsp3) is 0.238. The molecule has 0 fully saturated rings. The molecule has 5 heteroatoms. The zero-order chi connectivity index (χ0) is 17.8. The fourth-order valence-corrected chi connectivity index (χ4v) is 3.24. The summed E-state index contributed by atoms with van der Waals surface area (Å²) in [6.07, 6.45) is 2.89. The second-order valence-corrected chi connectivity index (χ2v) is 6.47. The summed E-state index contributed by atoms with van der Waals surface area (Å²) in [5.41, 5.74) is 4.61. The summed E-state index contributed by atoms with van der Waals surface area (Å²) in [7, 11) is 1.66. The van der Waals surface area contributed by atoms with Crippen molar-refractivity contribution < 1.29 is 4.74 Å². The molecule has 26 heavy (non-hydrogen) atoms. The lowest BCUT2D eigenvalue weighted by atomic mass is 10.1. The van der Waals surface area contributed by atoms with Gasteiger partial charge in [-0.1, -0.05) is 36.4 Å². The van der Waals surface area contributed by atoms with E-state index < -0.39 is 0 Å². The average Bonchev–Trinajstić information content (AvgIpc) is 2.69. The van der Waals surface area contributed by atoms with Gasteiger partial charge in [0.15, 0.2) is 0 Å². The molecule has 0 amide bonds. The Balaban J connectivity index is 1.45. The van der Waals surface area contributed by atoms with E-state index in [0.717, 1.165) is 43.2 Å². The van der Waals surface area contributed by atoms with E-state index in [9.17, 15) is 0 Å². The average molecular weight is 346 g/mol. The lowest BCUT2D eigenvalue weighted by Crippen LogP contribution is -2.31. The number of ether oxygens (including phenoxy) is 1. The van der Waals surface area contributed by atoms with Crippen molar-refractivity contribution in [2.24, 2.45) is 0 Å². The van der Waals surface area contributed by atoms with Crippen molar-refractivity contribution in [2.75, 3.05) is 19.0 Å². The Bertz CT molecular complexity index is 882. The zero-order valence-corrected chi connectivity index (χ0v) is 14.9. The van der Waals surface area contributed by atoms with E-state index in [1.165, 1.54) is 11.1 Å². The molecule has 0 atom stereocenters. The van der Waals surface area contributed by atoms with E-state index in [-0.39, 0.29) is 0 Å². The van der Waals surface area contributed by atoms with Crippen molar-refractivity contribution >= 4 is 11.6 Å². The van der Waals surface area contributed by atoms with E-state index in [4.69, 9.17) is 9.72 Å². The maximum absolute atomic E-state index is 5.26. The minimum absolute atomic E-state index is 0.633. The Kier molecular flexibility index (Phi) is 4.80. The van der Waals surface area contributed by atoms with Crippen molar-refractivity contribution in [3.05, 3.63) is 77.6 Å². The Labute approximate surface area is 153 Å². The highest BCUT2D eigenvalue weighted by Crippen LogP contribution is 2.22. The van der Waals surface area contributed by atoms with E-state index in [1.54, 1.807) is 7.11 Å². The molecule has 2 aromatic carbocycles. The molecule has 0 saturated heterocycles. The molecule has 1 N–H and O–H groups in total. The molecule has 0 aliphatic carbocycles. The van der Waals surface area contributed by atoms with Gasteiger partial charge >= 0.3 is 0 Å². The van der Waals surface area contributed by atoms with Gasteiger partial charge in [0.05, 0.1) is 12.8 Å².